The monoisotopic (exact) mass is 246 g/mol. The van der Waals surface area contributed by atoms with Crippen molar-refractivity contribution in [2.45, 2.75) is 43.7 Å². The van der Waals surface area contributed by atoms with E-state index in [1.807, 2.05) is 6.07 Å². The van der Waals surface area contributed by atoms with Crippen LogP contribution in [0.15, 0.2) is 18.2 Å². The van der Waals surface area contributed by atoms with Crippen molar-refractivity contribution in [1.29, 1.82) is 0 Å². The summed E-state index contributed by atoms with van der Waals surface area (Å²) in [5.74, 6) is -0.148. The number of carbonyl (C=O) groups excluding carboxylic acids is 1. The molecule has 4 N–H and O–H groups in total. The van der Waals surface area contributed by atoms with Crippen molar-refractivity contribution >= 4 is 5.91 Å². The predicted molar refractivity (Wildman–Crippen MR) is 68.5 cm³/mol. The average molecular weight is 246 g/mol. The quantitative estimate of drug-likeness (QED) is 0.740. The molecule has 2 aliphatic rings. The number of aromatic hydroxyl groups is 1. The second kappa shape index (κ2) is 4.28. The van der Waals surface area contributed by atoms with Crippen molar-refractivity contribution in [2.24, 2.45) is 5.73 Å². The van der Waals surface area contributed by atoms with Gasteiger partial charge in [0.05, 0.1) is 5.56 Å². The molecule has 0 saturated carbocycles. The first kappa shape index (κ1) is 11.5. The van der Waals surface area contributed by atoms with Crippen LogP contribution in [-0.4, -0.2) is 23.1 Å². The Bertz CT molecular complexity index is 475. The van der Waals surface area contributed by atoms with Crippen LogP contribution in [0.1, 0.15) is 47.5 Å². The number of phenols is 1. The molecule has 0 aliphatic carbocycles. The molecule has 3 rings (SSSR count). The third kappa shape index (κ3) is 1.86. The van der Waals surface area contributed by atoms with Gasteiger partial charge in [0.15, 0.2) is 0 Å². The molecule has 2 saturated heterocycles. The number of primary amides is 1. The van der Waals surface area contributed by atoms with Gasteiger partial charge in [0.1, 0.15) is 5.75 Å². The maximum atomic E-state index is 11.2. The second-order valence-electron chi connectivity index (χ2n) is 5.41. The first-order valence-electron chi connectivity index (χ1n) is 6.53. The Morgan fingerprint density at radius 1 is 1.28 bits per heavy atom. The Kier molecular flexibility index (Phi) is 2.74. The summed E-state index contributed by atoms with van der Waals surface area (Å²) in [4.78, 5) is 11.2. The van der Waals surface area contributed by atoms with Crippen LogP contribution in [0.2, 0.25) is 0 Å². The Morgan fingerprint density at radius 3 is 2.56 bits per heavy atom. The molecule has 2 aliphatic heterocycles. The highest BCUT2D eigenvalue weighted by molar-refractivity contribution is 5.96. The van der Waals surface area contributed by atoms with Gasteiger partial charge >= 0.3 is 0 Å². The van der Waals surface area contributed by atoms with Gasteiger partial charge in [-0.2, -0.15) is 0 Å². The molecule has 18 heavy (non-hydrogen) atoms. The zero-order valence-electron chi connectivity index (χ0n) is 10.2. The van der Waals surface area contributed by atoms with Gasteiger partial charge in [0.25, 0.3) is 5.91 Å². The number of hydrogen-bond acceptors (Lipinski definition) is 3. The molecule has 0 aromatic heterocycles. The topological polar surface area (TPSA) is 75.4 Å². The number of benzene rings is 1. The fourth-order valence-corrected chi connectivity index (χ4v) is 3.40. The lowest BCUT2D eigenvalue weighted by molar-refractivity contribution is 0.0997. The summed E-state index contributed by atoms with van der Waals surface area (Å²) in [6.45, 7) is 0. The van der Waals surface area contributed by atoms with E-state index in [1.54, 1.807) is 12.1 Å². The number of para-hydroxylation sites is 1. The smallest absolute Gasteiger partial charge is 0.252 e. The number of nitrogens with two attached hydrogens (primary N) is 1. The minimum absolute atomic E-state index is 0.0799. The summed E-state index contributed by atoms with van der Waals surface area (Å²) in [7, 11) is 0. The zero-order valence-corrected chi connectivity index (χ0v) is 10.2. The molecule has 2 bridgehead atoms. The van der Waals surface area contributed by atoms with Crippen LogP contribution in [0, 0.1) is 0 Å². The summed E-state index contributed by atoms with van der Waals surface area (Å²) in [6.07, 6.45) is 4.51. The zero-order chi connectivity index (χ0) is 12.7. The lowest BCUT2D eigenvalue weighted by atomic mass is 9.85. The summed E-state index contributed by atoms with van der Waals surface area (Å²) < 4.78 is 0. The number of amides is 1. The van der Waals surface area contributed by atoms with Gasteiger partial charge in [0.2, 0.25) is 0 Å². The van der Waals surface area contributed by atoms with Crippen LogP contribution < -0.4 is 11.1 Å². The van der Waals surface area contributed by atoms with Gasteiger partial charge in [-0.3, -0.25) is 4.79 Å². The van der Waals surface area contributed by atoms with Crippen molar-refractivity contribution in [3.05, 3.63) is 29.3 Å². The molecule has 2 heterocycles. The summed E-state index contributed by atoms with van der Waals surface area (Å²) in [5, 5.41) is 13.8. The minimum Gasteiger partial charge on any atom is -0.507 e. The molecule has 4 heteroatoms. The van der Waals surface area contributed by atoms with Crippen LogP contribution >= 0.6 is 0 Å². The van der Waals surface area contributed by atoms with E-state index >= 15 is 0 Å². The summed E-state index contributed by atoms with van der Waals surface area (Å²) in [6, 6.07) is 6.42. The van der Waals surface area contributed by atoms with Gasteiger partial charge < -0.3 is 16.2 Å². The van der Waals surface area contributed by atoms with Crippen LogP contribution in [0.3, 0.4) is 0 Å². The summed E-state index contributed by atoms with van der Waals surface area (Å²) >= 11 is 0. The maximum Gasteiger partial charge on any atom is 0.252 e. The highest BCUT2D eigenvalue weighted by Gasteiger charge is 2.35. The number of carbonyl (C=O) groups is 1. The predicted octanol–water partition coefficient (Wildman–Crippen LogP) is 1.49. The number of nitrogens with one attached hydrogen (secondary N) is 1. The lowest BCUT2D eigenvalue weighted by Crippen LogP contribution is -2.37. The lowest BCUT2D eigenvalue weighted by Gasteiger charge is -2.30. The molecule has 96 valence electrons. The average Bonchev–Trinajstić information content (AvgIpc) is 2.68. The fourth-order valence-electron chi connectivity index (χ4n) is 3.40. The van der Waals surface area contributed by atoms with Crippen molar-refractivity contribution < 1.29 is 9.90 Å². The van der Waals surface area contributed by atoms with Crippen LogP contribution in [0.4, 0.5) is 0 Å². The number of piperidine rings is 1. The molecule has 0 radical (unpaired) electrons. The van der Waals surface area contributed by atoms with E-state index in [0.717, 1.165) is 18.4 Å². The molecule has 1 aromatic rings. The molecule has 0 spiro atoms. The molecule has 2 fully saturated rings. The Labute approximate surface area is 106 Å². The Morgan fingerprint density at radius 2 is 1.94 bits per heavy atom. The van der Waals surface area contributed by atoms with Crippen molar-refractivity contribution in [1.82, 2.24) is 5.32 Å². The van der Waals surface area contributed by atoms with E-state index in [-0.39, 0.29) is 11.3 Å². The molecular formula is C14H18N2O2. The summed E-state index contributed by atoms with van der Waals surface area (Å²) in [5.41, 5.74) is 6.38. The van der Waals surface area contributed by atoms with Gasteiger partial charge in [-0.05, 0) is 43.2 Å². The molecule has 1 amide bonds. The second-order valence-corrected chi connectivity index (χ2v) is 5.41. The minimum atomic E-state index is -0.564. The van der Waals surface area contributed by atoms with Gasteiger partial charge in [-0.1, -0.05) is 12.1 Å². The van der Waals surface area contributed by atoms with Gasteiger partial charge in [-0.25, -0.2) is 0 Å². The molecule has 1 aromatic carbocycles. The first-order chi connectivity index (χ1) is 8.65. The molecular weight excluding hydrogens is 228 g/mol. The molecule has 4 nitrogen and oxygen atoms in total. The Balaban J connectivity index is 1.92. The number of rotatable bonds is 2. The van der Waals surface area contributed by atoms with Gasteiger partial charge in [-0.15, -0.1) is 0 Å². The van der Waals surface area contributed by atoms with Crippen molar-refractivity contribution in [2.75, 3.05) is 0 Å². The number of hydrogen-bond donors (Lipinski definition) is 3. The highest BCUT2D eigenvalue weighted by Crippen LogP contribution is 2.41. The molecule has 0 unspecified atom stereocenters. The standard InChI is InChI=1S/C14H18N2O2/c15-14(18)12-3-1-2-11(13(12)17)8-6-9-4-5-10(7-8)16-9/h1-3,8-10,16-17H,4-7H2,(H2,15,18)/t8-,9+,10-. The van der Waals surface area contributed by atoms with E-state index in [1.165, 1.54) is 12.8 Å². The third-order valence-electron chi connectivity index (χ3n) is 4.25. The van der Waals surface area contributed by atoms with E-state index < -0.39 is 5.91 Å². The normalized spacial score (nSPS) is 30.3. The van der Waals surface area contributed by atoms with Crippen LogP contribution in [0.25, 0.3) is 0 Å². The maximum absolute atomic E-state index is 11.2. The van der Waals surface area contributed by atoms with E-state index in [0.29, 0.717) is 18.0 Å². The van der Waals surface area contributed by atoms with Crippen LogP contribution in [0.5, 0.6) is 5.75 Å². The Hall–Kier alpha value is -1.55. The van der Waals surface area contributed by atoms with Gasteiger partial charge in [0, 0.05) is 12.1 Å². The SMILES string of the molecule is NC(=O)c1cccc([C@H]2C[C@H]3CC[C@@H](C2)N3)c1O. The third-order valence-corrected chi connectivity index (χ3v) is 4.25. The van der Waals surface area contributed by atoms with Crippen molar-refractivity contribution in [3.63, 3.8) is 0 Å². The van der Waals surface area contributed by atoms with Crippen molar-refractivity contribution in [3.8, 4) is 5.75 Å². The highest BCUT2D eigenvalue weighted by atomic mass is 16.3. The fraction of sp³-hybridized carbons (Fsp3) is 0.500. The van der Waals surface area contributed by atoms with E-state index in [9.17, 15) is 9.90 Å². The first-order valence-corrected chi connectivity index (χ1v) is 6.53. The number of fused-ring (bicyclic) bond motifs is 2. The van der Waals surface area contributed by atoms with E-state index in [4.69, 9.17) is 5.73 Å². The van der Waals surface area contributed by atoms with E-state index in [2.05, 4.69) is 5.32 Å². The molecule has 3 atom stereocenters. The van der Waals surface area contributed by atoms with Crippen LogP contribution in [-0.2, 0) is 0 Å². The largest absolute Gasteiger partial charge is 0.507 e.